The van der Waals surface area contributed by atoms with E-state index < -0.39 is 0 Å². The summed E-state index contributed by atoms with van der Waals surface area (Å²) < 4.78 is 5.58. The summed E-state index contributed by atoms with van der Waals surface area (Å²) >= 11 is 1.45. The van der Waals surface area contributed by atoms with Crippen LogP contribution in [0.1, 0.15) is 42.5 Å². The van der Waals surface area contributed by atoms with E-state index in [1.807, 2.05) is 70.2 Å². The van der Waals surface area contributed by atoms with E-state index in [0.29, 0.717) is 35.8 Å². The number of ether oxygens (including phenoxy) is 1. The van der Waals surface area contributed by atoms with Crippen LogP contribution in [-0.2, 0) is 20.1 Å². The first-order valence-corrected chi connectivity index (χ1v) is 11.3. The third-order valence-electron chi connectivity index (χ3n) is 4.98. The van der Waals surface area contributed by atoms with Crippen LogP contribution < -0.4 is 0 Å². The van der Waals surface area contributed by atoms with E-state index in [1.54, 1.807) is 0 Å². The minimum absolute atomic E-state index is 0.135. The molecule has 0 saturated carbocycles. The van der Waals surface area contributed by atoms with Gasteiger partial charge in [0.05, 0.1) is 16.6 Å². The van der Waals surface area contributed by atoms with Crippen LogP contribution in [0, 0.1) is 13.8 Å². The first kappa shape index (κ1) is 22.3. The molecule has 0 saturated heterocycles. The largest absolute Gasteiger partial charge is 0.379 e. The van der Waals surface area contributed by atoms with Crippen molar-refractivity contribution in [1.82, 2.24) is 4.90 Å². The average Bonchev–Trinajstić information content (AvgIpc) is 2.94. The molecule has 0 unspecified atom stereocenters. The SMILES string of the molecule is Cc1ccc(C2=C(SCc3ccccc3)C(=O)N(CCCOC(C)C)C2=O)c(C)c1. The molecule has 4 nitrogen and oxygen atoms in total. The molecular formula is C25H29NO3S. The Labute approximate surface area is 183 Å². The number of imide groups is 1. The van der Waals surface area contributed by atoms with E-state index in [0.717, 1.165) is 22.3 Å². The molecule has 5 heteroatoms. The van der Waals surface area contributed by atoms with Crippen molar-refractivity contribution < 1.29 is 14.3 Å². The molecule has 0 radical (unpaired) electrons. The average molecular weight is 424 g/mol. The number of aryl methyl sites for hydroxylation is 2. The summed E-state index contributed by atoms with van der Waals surface area (Å²) in [5.74, 6) is 0.251. The number of hydrogen-bond acceptors (Lipinski definition) is 4. The number of carbonyl (C=O) groups excluding carboxylic acids is 2. The van der Waals surface area contributed by atoms with Crippen LogP contribution >= 0.6 is 11.8 Å². The number of hydrogen-bond donors (Lipinski definition) is 0. The lowest BCUT2D eigenvalue weighted by molar-refractivity contribution is -0.136. The molecule has 0 N–H and O–H groups in total. The number of rotatable bonds is 9. The van der Waals surface area contributed by atoms with Gasteiger partial charge in [-0.2, -0.15) is 0 Å². The molecule has 1 aliphatic heterocycles. The van der Waals surface area contributed by atoms with Gasteiger partial charge in [-0.3, -0.25) is 14.5 Å². The van der Waals surface area contributed by atoms with Gasteiger partial charge in [-0.1, -0.05) is 54.1 Å². The van der Waals surface area contributed by atoms with Crippen LogP contribution in [-0.4, -0.2) is 36.0 Å². The Balaban J connectivity index is 1.87. The number of amides is 2. The van der Waals surface area contributed by atoms with Gasteiger partial charge in [0.25, 0.3) is 11.8 Å². The Morgan fingerprint density at radius 1 is 1.00 bits per heavy atom. The van der Waals surface area contributed by atoms with E-state index in [-0.39, 0.29) is 17.9 Å². The van der Waals surface area contributed by atoms with Gasteiger partial charge < -0.3 is 4.74 Å². The van der Waals surface area contributed by atoms with Gasteiger partial charge in [0.2, 0.25) is 0 Å². The number of nitrogens with zero attached hydrogens (tertiary/aromatic N) is 1. The van der Waals surface area contributed by atoms with Crippen molar-refractivity contribution in [3.8, 4) is 0 Å². The standard InChI is InChI=1S/C25H29NO3S/c1-17(2)29-14-8-13-26-24(27)22(21-12-11-18(3)15-19(21)4)23(25(26)28)30-16-20-9-6-5-7-10-20/h5-7,9-12,15,17H,8,13-14,16H2,1-4H3. The topological polar surface area (TPSA) is 46.6 Å². The minimum Gasteiger partial charge on any atom is -0.379 e. The highest BCUT2D eigenvalue weighted by atomic mass is 32.2. The van der Waals surface area contributed by atoms with E-state index in [1.165, 1.54) is 16.7 Å². The fourth-order valence-electron chi connectivity index (χ4n) is 3.49. The highest BCUT2D eigenvalue weighted by Gasteiger charge is 2.39. The highest BCUT2D eigenvalue weighted by Crippen LogP contribution is 2.38. The van der Waals surface area contributed by atoms with E-state index in [4.69, 9.17) is 4.74 Å². The van der Waals surface area contributed by atoms with Gasteiger partial charge in [0, 0.05) is 18.9 Å². The van der Waals surface area contributed by atoms with Gasteiger partial charge in [-0.25, -0.2) is 0 Å². The maximum absolute atomic E-state index is 13.3. The van der Waals surface area contributed by atoms with E-state index in [2.05, 4.69) is 6.07 Å². The van der Waals surface area contributed by atoms with Crippen molar-refractivity contribution in [2.75, 3.05) is 13.2 Å². The molecule has 2 aromatic carbocycles. The first-order chi connectivity index (χ1) is 14.4. The lowest BCUT2D eigenvalue weighted by Gasteiger charge is -2.16. The lowest BCUT2D eigenvalue weighted by Crippen LogP contribution is -2.33. The van der Waals surface area contributed by atoms with Crippen molar-refractivity contribution in [1.29, 1.82) is 0 Å². The Kier molecular flexibility index (Phi) is 7.51. The van der Waals surface area contributed by atoms with Crippen molar-refractivity contribution >= 4 is 29.1 Å². The van der Waals surface area contributed by atoms with Crippen molar-refractivity contribution in [3.63, 3.8) is 0 Å². The maximum atomic E-state index is 13.3. The van der Waals surface area contributed by atoms with Gasteiger partial charge in [-0.05, 0) is 50.8 Å². The number of thioether (sulfide) groups is 1. The Bertz CT molecular complexity index is 950. The molecule has 2 amide bonds. The normalized spacial score (nSPS) is 14.4. The molecule has 0 aromatic heterocycles. The van der Waals surface area contributed by atoms with Crippen LogP contribution in [0.3, 0.4) is 0 Å². The summed E-state index contributed by atoms with van der Waals surface area (Å²) in [6.45, 7) is 8.87. The zero-order valence-corrected chi connectivity index (χ0v) is 18.9. The lowest BCUT2D eigenvalue weighted by atomic mass is 9.99. The molecule has 1 aliphatic rings. The second kappa shape index (κ2) is 10.1. The van der Waals surface area contributed by atoms with Crippen molar-refractivity contribution in [3.05, 3.63) is 75.7 Å². The maximum Gasteiger partial charge on any atom is 0.267 e. The summed E-state index contributed by atoms with van der Waals surface area (Å²) in [5.41, 5.74) is 4.64. The van der Waals surface area contributed by atoms with Crippen LogP contribution in [0.25, 0.3) is 5.57 Å². The second-order valence-corrected chi connectivity index (χ2v) is 8.82. The third-order valence-corrected chi connectivity index (χ3v) is 6.13. The Morgan fingerprint density at radius 2 is 1.73 bits per heavy atom. The monoisotopic (exact) mass is 423 g/mol. The van der Waals surface area contributed by atoms with Gasteiger partial charge in [-0.15, -0.1) is 11.8 Å². The van der Waals surface area contributed by atoms with Gasteiger partial charge >= 0.3 is 0 Å². The molecule has 1 heterocycles. The predicted octanol–water partition coefficient (Wildman–Crippen LogP) is 5.13. The molecule has 0 spiro atoms. The molecule has 3 rings (SSSR count). The van der Waals surface area contributed by atoms with E-state index >= 15 is 0 Å². The molecule has 0 fully saturated rings. The first-order valence-electron chi connectivity index (χ1n) is 10.3. The summed E-state index contributed by atoms with van der Waals surface area (Å²) in [7, 11) is 0. The Morgan fingerprint density at radius 3 is 2.40 bits per heavy atom. The quantitative estimate of drug-likeness (QED) is 0.414. The number of carbonyl (C=O) groups is 2. The van der Waals surface area contributed by atoms with Crippen LogP contribution in [0.4, 0.5) is 0 Å². The van der Waals surface area contributed by atoms with Crippen LogP contribution in [0.2, 0.25) is 0 Å². The minimum atomic E-state index is -0.202. The molecular weight excluding hydrogens is 394 g/mol. The Hall–Kier alpha value is -2.37. The zero-order valence-electron chi connectivity index (χ0n) is 18.1. The fraction of sp³-hybridized carbons (Fsp3) is 0.360. The third kappa shape index (κ3) is 5.21. The summed E-state index contributed by atoms with van der Waals surface area (Å²) in [4.78, 5) is 28.4. The van der Waals surface area contributed by atoms with Crippen molar-refractivity contribution in [2.45, 2.75) is 46.0 Å². The highest BCUT2D eigenvalue weighted by molar-refractivity contribution is 8.03. The summed E-state index contributed by atoms with van der Waals surface area (Å²) in [6.07, 6.45) is 0.766. The van der Waals surface area contributed by atoms with E-state index in [9.17, 15) is 9.59 Å². The van der Waals surface area contributed by atoms with Crippen LogP contribution in [0.5, 0.6) is 0 Å². The summed E-state index contributed by atoms with van der Waals surface area (Å²) in [6, 6.07) is 16.0. The smallest absolute Gasteiger partial charge is 0.267 e. The molecule has 0 bridgehead atoms. The molecule has 158 valence electrons. The van der Waals surface area contributed by atoms with Crippen LogP contribution in [0.15, 0.2) is 53.4 Å². The second-order valence-electron chi connectivity index (χ2n) is 7.83. The molecule has 30 heavy (non-hydrogen) atoms. The molecule has 2 aromatic rings. The fourth-order valence-corrected chi connectivity index (χ4v) is 4.57. The summed E-state index contributed by atoms with van der Waals surface area (Å²) in [5, 5.41) is 0. The molecule has 0 atom stereocenters. The zero-order chi connectivity index (χ0) is 21.7. The van der Waals surface area contributed by atoms with Gasteiger partial charge in [0.1, 0.15) is 0 Å². The predicted molar refractivity (Wildman–Crippen MR) is 123 cm³/mol. The van der Waals surface area contributed by atoms with Gasteiger partial charge in [0.15, 0.2) is 0 Å². The van der Waals surface area contributed by atoms with Crippen molar-refractivity contribution in [2.24, 2.45) is 0 Å². The molecule has 0 aliphatic carbocycles. The number of benzene rings is 2.